The number of piperidine rings is 1. The highest BCUT2D eigenvalue weighted by Crippen LogP contribution is 2.40. The minimum atomic E-state index is -0.182. The van der Waals surface area contributed by atoms with Crippen LogP contribution in [0.2, 0.25) is 0 Å². The summed E-state index contributed by atoms with van der Waals surface area (Å²) in [5.74, 6) is -0.118. The maximum absolute atomic E-state index is 10.9. The van der Waals surface area contributed by atoms with E-state index < -0.39 is 0 Å². The van der Waals surface area contributed by atoms with Gasteiger partial charge >= 0.3 is 0 Å². The lowest BCUT2D eigenvalue weighted by Crippen LogP contribution is -2.38. The molecule has 0 aromatic carbocycles. The molecule has 2 fully saturated rings. The quantitative estimate of drug-likeness (QED) is 0.646. The Morgan fingerprint density at radius 2 is 2.00 bits per heavy atom. The second-order valence-electron chi connectivity index (χ2n) is 3.27. The van der Waals surface area contributed by atoms with Crippen LogP contribution in [0.3, 0.4) is 0 Å². The molecule has 5 heteroatoms. The molecule has 72 valence electrons. The molecule has 0 bridgehead atoms. The molecule has 12 heavy (non-hydrogen) atoms. The van der Waals surface area contributed by atoms with Crippen molar-refractivity contribution in [1.82, 2.24) is 4.90 Å². The largest absolute Gasteiger partial charge is 0.368 e. The van der Waals surface area contributed by atoms with Crippen molar-refractivity contribution in [2.24, 2.45) is 5.73 Å². The van der Waals surface area contributed by atoms with Crippen molar-refractivity contribution >= 4 is 30.7 Å². The molecule has 2 atom stereocenters. The molecule has 1 amide bonds. The van der Waals surface area contributed by atoms with Crippen LogP contribution < -0.4 is 5.73 Å². The Balaban J connectivity index is 0.000000605. The Kier molecular flexibility index (Phi) is 3.82. The number of rotatable bonds is 1. The number of halogens is 2. The van der Waals surface area contributed by atoms with Crippen LogP contribution in [-0.4, -0.2) is 29.4 Å². The van der Waals surface area contributed by atoms with E-state index in [1.807, 2.05) is 0 Å². The summed E-state index contributed by atoms with van der Waals surface area (Å²) >= 11 is 0. The third kappa shape index (κ3) is 1.53. The molecule has 2 aliphatic heterocycles. The highest BCUT2D eigenvalue weighted by atomic mass is 35.5. The zero-order valence-electron chi connectivity index (χ0n) is 6.78. The van der Waals surface area contributed by atoms with Gasteiger partial charge in [-0.1, -0.05) is 0 Å². The van der Waals surface area contributed by atoms with Gasteiger partial charge in [0.05, 0.1) is 0 Å². The van der Waals surface area contributed by atoms with Crippen LogP contribution >= 0.6 is 24.8 Å². The van der Waals surface area contributed by atoms with Gasteiger partial charge in [0.1, 0.15) is 5.54 Å². The third-order valence-electron chi connectivity index (χ3n) is 2.68. The second-order valence-corrected chi connectivity index (χ2v) is 3.27. The van der Waals surface area contributed by atoms with Gasteiger partial charge in [0.2, 0.25) is 5.91 Å². The molecule has 0 radical (unpaired) electrons. The summed E-state index contributed by atoms with van der Waals surface area (Å²) in [4.78, 5) is 13.1. The molecule has 2 rings (SSSR count). The molecule has 2 N–H and O–H groups in total. The van der Waals surface area contributed by atoms with Gasteiger partial charge in [-0.25, -0.2) is 0 Å². The van der Waals surface area contributed by atoms with E-state index in [2.05, 4.69) is 4.90 Å². The zero-order valence-corrected chi connectivity index (χ0v) is 8.42. The first-order valence-electron chi connectivity index (χ1n) is 3.81. The van der Waals surface area contributed by atoms with Gasteiger partial charge in [-0.05, 0) is 25.8 Å². The van der Waals surface area contributed by atoms with Crippen LogP contribution in [0.25, 0.3) is 0 Å². The van der Waals surface area contributed by atoms with Gasteiger partial charge in [0, 0.05) is 6.54 Å². The van der Waals surface area contributed by atoms with Crippen LogP contribution in [0, 0.1) is 0 Å². The van der Waals surface area contributed by atoms with Gasteiger partial charge in [-0.15, -0.1) is 24.8 Å². The van der Waals surface area contributed by atoms with Gasteiger partial charge < -0.3 is 5.73 Å². The molecule has 0 aromatic rings. The number of fused-ring (bicyclic) bond motifs is 1. The molecule has 3 nitrogen and oxygen atoms in total. The lowest BCUT2D eigenvalue weighted by molar-refractivity contribution is -0.122. The summed E-state index contributed by atoms with van der Waals surface area (Å²) in [5, 5.41) is 0. The molecule has 2 aliphatic rings. The summed E-state index contributed by atoms with van der Waals surface area (Å²) < 4.78 is 0. The average Bonchev–Trinajstić information content (AvgIpc) is 2.61. The first-order chi connectivity index (χ1) is 4.76. The van der Waals surface area contributed by atoms with E-state index in [1.165, 1.54) is 12.8 Å². The molecule has 2 heterocycles. The van der Waals surface area contributed by atoms with Gasteiger partial charge in [0.25, 0.3) is 0 Å². The van der Waals surface area contributed by atoms with Crippen molar-refractivity contribution in [2.45, 2.75) is 24.8 Å². The van der Waals surface area contributed by atoms with E-state index in [9.17, 15) is 4.79 Å². The molecule has 1 unspecified atom stereocenters. The van der Waals surface area contributed by atoms with Crippen LogP contribution in [0.4, 0.5) is 0 Å². The molecule has 0 saturated carbocycles. The maximum atomic E-state index is 10.9. The van der Waals surface area contributed by atoms with Crippen LogP contribution in [0.15, 0.2) is 0 Å². The SMILES string of the molecule is Cl.Cl.NC(=O)[C@]12CCCCN1C2. The zero-order chi connectivity index (χ0) is 7.19. The number of primary amides is 1. The van der Waals surface area contributed by atoms with Crippen LogP contribution in [-0.2, 0) is 4.79 Å². The smallest absolute Gasteiger partial charge is 0.239 e. The summed E-state index contributed by atoms with van der Waals surface area (Å²) in [6.45, 7) is 1.99. The topological polar surface area (TPSA) is 46.1 Å². The highest BCUT2D eigenvalue weighted by molar-refractivity contribution is 5.88. The molecule has 0 spiro atoms. The van der Waals surface area contributed by atoms with E-state index in [4.69, 9.17) is 5.73 Å². The normalized spacial score (nSPS) is 36.8. The third-order valence-corrected chi connectivity index (χ3v) is 2.68. The Labute approximate surface area is 84.5 Å². The Morgan fingerprint density at radius 1 is 1.33 bits per heavy atom. The first-order valence-corrected chi connectivity index (χ1v) is 3.81. The van der Waals surface area contributed by atoms with Crippen molar-refractivity contribution < 1.29 is 4.79 Å². The van der Waals surface area contributed by atoms with Gasteiger partial charge in [0.15, 0.2) is 0 Å². The lowest BCUT2D eigenvalue weighted by Gasteiger charge is -2.18. The van der Waals surface area contributed by atoms with Gasteiger partial charge in [-0.3, -0.25) is 9.69 Å². The number of amides is 1. The van der Waals surface area contributed by atoms with Crippen LogP contribution in [0.5, 0.6) is 0 Å². The van der Waals surface area contributed by atoms with E-state index in [0.29, 0.717) is 0 Å². The summed E-state index contributed by atoms with van der Waals surface area (Å²) in [5.41, 5.74) is 5.08. The van der Waals surface area contributed by atoms with E-state index in [1.54, 1.807) is 0 Å². The van der Waals surface area contributed by atoms with Crippen molar-refractivity contribution in [3.63, 3.8) is 0 Å². The molecule has 0 aromatic heterocycles. The fraction of sp³-hybridized carbons (Fsp3) is 0.857. The fourth-order valence-electron chi connectivity index (χ4n) is 1.89. The molecule has 2 saturated heterocycles. The minimum absolute atomic E-state index is 0. The first kappa shape index (κ1) is 12.0. The molecular weight excluding hydrogens is 199 g/mol. The van der Waals surface area contributed by atoms with Crippen molar-refractivity contribution in [2.75, 3.05) is 13.1 Å². The molecule has 0 aliphatic carbocycles. The van der Waals surface area contributed by atoms with E-state index >= 15 is 0 Å². The van der Waals surface area contributed by atoms with E-state index in [-0.39, 0.29) is 36.3 Å². The second kappa shape index (κ2) is 3.81. The van der Waals surface area contributed by atoms with E-state index in [0.717, 1.165) is 19.5 Å². The number of nitrogens with two attached hydrogens (primary N) is 1. The van der Waals surface area contributed by atoms with Crippen molar-refractivity contribution in [1.29, 1.82) is 0 Å². The fourth-order valence-corrected chi connectivity index (χ4v) is 1.89. The Morgan fingerprint density at radius 3 is 2.42 bits per heavy atom. The number of carbonyl (C=O) groups is 1. The Hall–Kier alpha value is 0.01000. The predicted molar refractivity (Wildman–Crippen MR) is 51.8 cm³/mol. The van der Waals surface area contributed by atoms with Crippen molar-refractivity contribution in [3.05, 3.63) is 0 Å². The number of carbonyl (C=O) groups excluding carboxylic acids is 1. The maximum Gasteiger partial charge on any atom is 0.239 e. The van der Waals surface area contributed by atoms with Crippen LogP contribution in [0.1, 0.15) is 19.3 Å². The summed E-state index contributed by atoms with van der Waals surface area (Å²) in [6.07, 6.45) is 3.39. The standard InChI is InChI=1S/C7H12N2O.2ClH/c8-6(10)7-3-1-2-4-9(7)5-7;;/h1-5H2,(H2,8,10);2*1H/t7-,9?;;/m1../s1. The number of hydrogen-bond acceptors (Lipinski definition) is 2. The summed E-state index contributed by atoms with van der Waals surface area (Å²) in [7, 11) is 0. The predicted octanol–water partition coefficient (Wildman–Crippen LogP) is 0.554. The number of hydrogen-bond donors (Lipinski definition) is 1. The lowest BCUT2D eigenvalue weighted by atomic mass is 9.99. The monoisotopic (exact) mass is 212 g/mol. The summed E-state index contributed by atoms with van der Waals surface area (Å²) in [6, 6.07) is 0. The highest BCUT2D eigenvalue weighted by Gasteiger charge is 2.57. The van der Waals surface area contributed by atoms with Crippen molar-refractivity contribution in [3.8, 4) is 0 Å². The minimum Gasteiger partial charge on any atom is -0.368 e. The Bertz CT molecular complexity index is 188. The number of nitrogens with zero attached hydrogens (tertiary/aromatic N) is 1. The average molecular weight is 213 g/mol. The van der Waals surface area contributed by atoms with Gasteiger partial charge in [-0.2, -0.15) is 0 Å². The molecular formula is C7H14Cl2N2O.